The van der Waals surface area contributed by atoms with Gasteiger partial charge in [-0.2, -0.15) is 0 Å². The molecule has 0 radical (unpaired) electrons. The SMILES string of the molecule is Cc1ccc(C)c(OCC(C)CN)c1. The van der Waals surface area contributed by atoms with Crippen LogP contribution in [-0.4, -0.2) is 13.2 Å². The van der Waals surface area contributed by atoms with Crippen LogP contribution in [0.3, 0.4) is 0 Å². The summed E-state index contributed by atoms with van der Waals surface area (Å²) in [5.41, 5.74) is 7.93. The Labute approximate surface area is 86.1 Å². The van der Waals surface area contributed by atoms with Crippen LogP contribution in [0.2, 0.25) is 0 Å². The van der Waals surface area contributed by atoms with Crippen molar-refractivity contribution < 1.29 is 4.74 Å². The van der Waals surface area contributed by atoms with Crippen molar-refractivity contribution in [2.24, 2.45) is 11.7 Å². The summed E-state index contributed by atoms with van der Waals surface area (Å²) in [5, 5.41) is 0. The minimum atomic E-state index is 0.412. The summed E-state index contributed by atoms with van der Waals surface area (Å²) in [4.78, 5) is 0. The molecule has 1 unspecified atom stereocenters. The topological polar surface area (TPSA) is 35.2 Å². The molecule has 0 fully saturated rings. The molecule has 0 saturated carbocycles. The lowest BCUT2D eigenvalue weighted by atomic mass is 10.1. The van der Waals surface area contributed by atoms with E-state index in [0.29, 0.717) is 19.1 Å². The van der Waals surface area contributed by atoms with E-state index in [1.807, 2.05) is 0 Å². The Morgan fingerprint density at radius 1 is 1.36 bits per heavy atom. The zero-order chi connectivity index (χ0) is 10.6. The number of hydrogen-bond acceptors (Lipinski definition) is 2. The van der Waals surface area contributed by atoms with Gasteiger partial charge in [0.05, 0.1) is 6.61 Å². The van der Waals surface area contributed by atoms with Crippen LogP contribution < -0.4 is 10.5 Å². The van der Waals surface area contributed by atoms with Crippen molar-refractivity contribution in [3.8, 4) is 5.75 Å². The Bertz CT molecular complexity index is 296. The second-order valence-corrected chi connectivity index (χ2v) is 3.92. The molecule has 0 aliphatic rings. The molecule has 14 heavy (non-hydrogen) atoms. The average molecular weight is 193 g/mol. The Balaban J connectivity index is 2.62. The van der Waals surface area contributed by atoms with Crippen molar-refractivity contribution in [3.05, 3.63) is 29.3 Å². The van der Waals surface area contributed by atoms with Crippen LogP contribution in [0.25, 0.3) is 0 Å². The molecule has 0 aromatic heterocycles. The number of rotatable bonds is 4. The van der Waals surface area contributed by atoms with Crippen molar-refractivity contribution in [1.82, 2.24) is 0 Å². The summed E-state index contributed by atoms with van der Waals surface area (Å²) < 4.78 is 5.69. The molecule has 2 N–H and O–H groups in total. The molecular weight excluding hydrogens is 174 g/mol. The van der Waals surface area contributed by atoms with E-state index in [-0.39, 0.29) is 0 Å². The van der Waals surface area contributed by atoms with Crippen LogP contribution in [0.1, 0.15) is 18.1 Å². The summed E-state index contributed by atoms with van der Waals surface area (Å²) in [5.74, 6) is 1.39. The van der Waals surface area contributed by atoms with Crippen molar-refractivity contribution in [1.29, 1.82) is 0 Å². The molecule has 0 aliphatic carbocycles. The zero-order valence-corrected chi connectivity index (χ0v) is 9.21. The lowest BCUT2D eigenvalue weighted by Crippen LogP contribution is -2.18. The van der Waals surface area contributed by atoms with Crippen LogP contribution in [0, 0.1) is 19.8 Å². The summed E-state index contributed by atoms with van der Waals surface area (Å²) >= 11 is 0. The first-order valence-corrected chi connectivity index (χ1v) is 5.03. The molecule has 1 aromatic carbocycles. The Hall–Kier alpha value is -1.02. The molecule has 2 heteroatoms. The van der Waals surface area contributed by atoms with Crippen molar-refractivity contribution in [2.45, 2.75) is 20.8 Å². The molecule has 0 aliphatic heterocycles. The van der Waals surface area contributed by atoms with E-state index in [1.54, 1.807) is 0 Å². The monoisotopic (exact) mass is 193 g/mol. The maximum absolute atomic E-state index is 5.69. The number of aryl methyl sites for hydroxylation is 2. The fraction of sp³-hybridized carbons (Fsp3) is 0.500. The lowest BCUT2D eigenvalue weighted by Gasteiger charge is -2.13. The maximum atomic E-state index is 5.69. The van der Waals surface area contributed by atoms with Gasteiger partial charge in [-0.3, -0.25) is 0 Å². The van der Waals surface area contributed by atoms with E-state index in [0.717, 1.165) is 5.75 Å². The van der Waals surface area contributed by atoms with E-state index in [9.17, 15) is 0 Å². The van der Waals surface area contributed by atoms with Gasteiger partial charge in [0.2, 0.25) is 0 Å². The Kier molecular flexibility index (Phi) is 3.96. The van der Waals surface area contributed by atoms with Crippen LogP contribution in [0.15, 0.2) is 18.2 Å². The quantitative estimate of drug-likeness (QED) is 0.796. The highest BCUT2D eigenvalue weighted by Gasteiger charge is 2.03. The van der Waals surface area contributed by atoms with Gasteiger partial charge in [-0.05, 0) is 37.6 Å². The van der Waals surface area contributed by atoms with Crippen molar-refractivity contribution in [2.75, 3.05) is 13.2 Å². The Morgan fingerprint density at radius 2 is 2.07 bits per heavy atom. The average Bonchev–Trinajstić information content (AvgIpc) is 2.19. The summed E-state index contributed by atoms with van der Waals surface area (Å²) in [6.45, 7) is 7.58. The van der Waals surface area contributed by atoms with E-state index in [1.165, 1.54) is 11.1 Å². The van der Waals surface area contributed by atoms with E-state index >= 15 is 0 Å². The molecular formula is C12H19NO. The predicted molar refractivity (Wildman–Crippen MR) is 59.6 cm³/mol. The molecule has 0 spiro atoms. The summed E-state index contributed by atoms with van der Waals surface area (Å²) in [6.07, 6.45) is 0. The van der Waals surface area contributed by atoms with E-state index in [4.69, 9.17) is 10.5 Å². The van der Waals surface area contributed by atoms with Crippen LogP contribution in [0.5, 0.6) is 5.75 Å². The highest BCUT2D eigenvalue weighted by atomic mass is 16.5. The van der Waals surface area contributed by atoms with Crippen LogP contribution >= 0.6 is 0 Å². The van der Waals surface area contributed by atoms with Gasteiger partial charge in [-0.15, -0.1) is 0 Å². The number of nitrogens with two attached hydrogens (primary N) is 1. The number of benzene rings is 1. The fourth-order valence-electron chi connectivity index (χ4n) is 1.16. The molecule has 78 valence electrons. The largest absolute Gasteiger partial charge is 0.493 e. The Morgan fingerprint density at radius 3 is 2.71 bits per heavy atom. The molecule has 0 saturated heterocycles. The summed E-state index contributed by atoms with van der Waals surface area (Å²) in [6, 6.07) is 6.24. The second-order valence-electron chi connectivity index (χ2n) is 3.92. The standard InChI is InChI=1S/C12H19NO/c1-9-4-5-11(3)12(6-9)14-8-10(2)7-13/h4-6,10H,7-8,13H2,1-3H3. The maximum Gasteiger partial charge on any atom is 0.122 e. The van der Waals surface area contributed by atoms with Gasteiger partial charge in [0.25, 0.3) is 0 Å². The van der Waals surface area contributed by atoms with E-state index < -0.39 is 0 Å². The van der Waals surface area contributed by atoms with Gasteiger partial charge in [-0.1, -0.05) is 19.1 Å². The first-order chi connectivity index (χ1) is 6.63. The van der Waals surface area contributed by atoms with Gasteiger partial charge in [0.15, 0.2) is 0 Å². The first-order valence-electron chi connectivity index (χ1n) is 5.03. The highest BCUT2D eigenvalue weighted by Crippen LogP contribution is 2.19. The third kappa shape index (κ3) is 3.04. The predicted octanol–water partition coefficient (Wildman–Crippen LogP) is 2.28. The number of hydrogen-bond donors (Lipinski definition) is 1. The minimum Gasteiger partial charge on any atom is -0.493 e. The van der Waals surface area contributed by atoms with E-state index in [2.05, 4.69) is 39.0 Å². The van der Waals surface area contributed by atoms with Gasteiger partial charge in [0.1, 0.15) is 5.75 Å². The normalized spacial score (nSPS) is 12.6. The van der Waals surface area contributed by atoms with Gasteiger partial charge < -0.3 is 10.5 Å². The molecule has 1 rings (SSSR count). The molecule has 0 heterocycles. The van der Waals surface area contributed by atoms with Gasteiger partial charge in [-0.25, -0.2) is 0 Å². The van der Waals surface area contributed by atoms with Crippen LogP contribution in [0.4, 0.5) is 0 Å². The van der Waals surface area contributed by atoms with Gasteiger partial charge >= 0.3 is 0 Å². The third-order valence-corrected chi connectivity index (χ3v) is 2.27. The molecule has 1 atom stereocenters. The summed E-state index contributed by atoms with van der Waals surface area (Å²) in [7, 11) is 0. The fourth-order valence-corrected chi connectivity index (χ4v) is 1.16. The molecule has 2 nitrogen and oxygen atoms in total. The second kappa shape index (κ2) is 5.01. The van der Waals surface area contributed by atoms with Gasteiger partial charge in [0, 0.05) is 5.92 Å². The molecule has 0 bridgehead atoms. The van der Waals surface area contributed by atoms with Crippen LogP contribution in [-0.2, 0) is 0 Å². The van der Waals surface area contributed by atoms with Crippen molar-refractivity contribution in [3.63, 3.8) is 0 Å². The zero-order valence-electron chi connectivity index (χ0n) is 9.21. The minimum absolute atomic E-state index is 0.412. The third-order valence-electron chi connectivity index (χ3n) is 2.27. The van der Waals surface area contributed by atoms with Crippen molar-refractivity contribution >= 4 is 0 Å². The highest BCUT2D eigenvalue weighted by molar-refractivity contribution is 5.35. The lowest BCUT2D eigenvalue weighted by molar-refractivity contribution is 0.262. The smallest absolute Gasteiger partial charge is 0.122 e. The first kappa shape index (κ1) is 11.1. The number of ether oxygens (including phenoxy) is 1. The molecule has 1 aromatic rings. The molecule has 0 amide bonds.